The number of aliphatic hydroxyl groups excluding tert-OH is 1. The highest BCUT2D eigenvalue weighted by molar-refractivity contribution is 6.00. The van der Waals surface area contributed by atoms with Crippen LogP contribution in [0.1, 0.15) is 88.9 Å². The minimum absolute atomic E-state index is 0.148. The van der Waals surface area contributed by atoms with Gasteiger partial charge in [0, 0.05) is 30.3 Å². The van der Waals surface area contributed by atoms with Crippen LogP contribution >= 0.6 is 0 Å². The second-order valence-electron chi connectivity index (χ2n) is 11.1. The topological polar surface area (TPSA) is 108 Å². The van der Waals surface area contributed by atoms with Crippen LogP contribution in [0, 0.1) is 6.92 Å². The maximum absolute atomic E-state index is 13.5. The lowest BCUT2D eigenvalue weighted by atomic mass is 9.95. The molecular weight excluding hydrogens is 504 g/mol. The SMILES string of the molecule is Cc1coc([C@H]2CCCN2C(=O)c2cccc(C(=O)N[C@@H](Cc3ccccc3)[C@H](O)CNC3CCCCC3)c2)n1. The Balaban J connectivity index is 1.28. The summed E-state index contributed by atoms with van der Waals surface area (Å²) in [6.07, 6.45) is 8.94. The zero-order chi connectivity index (χ0) is 27.9. The molecule has 0 unspecified atom stereocenters. The molecule has 0 radical (unpaired) electrons. The van der Waals surface area contributed by atoms with Gasteiger partial charge in [0.25, 0.3) is 11.8 Å². The highest BCUT2D eigenvalue weighted by Gasteiger charge is 2.34. The Morgan fingerprint density at radius 2 is 1.80 bits per heavy atom. The lowest BCUT2D eigenvalue weighted by Crippen LogP contribution is -2.50. The normalized spacial score (nSPS) is 19.4. The lowest BCUT2D eigenvalue weighted by Gasteiger charge is -2.28. The highest BCUT2D eigenvalue weighted by atomic mass is 16.3. The number of hydrogen-bond acceptors (Lipinski definition) is 6. The lowest BCUT2D eigenvalue weighted by molar-refractivity contribution is 0.0715. The van der Waals surface area contributed by atoms with Crippen molar-refractivity contribution in [2.75, 3.05) is 13.1 Å². The summed E-state index contributed by atoms with van der Waals surface area (Å²) in [5.41, 5.74) is 2.66. The predicted molar refractivity (Wildman–Crippen MR) is 153 cm³/mol. The molecule has 2 amide bonds. The van der Waals surface area contributed by atoms with E-state index >= 15 is 0 Å². The first-order chi connectivity index (χ1) is 19.5. The molecule has 1 saturated carbocycles. The van der Waals surface area contributed by atoms with Gasteiger partial charge in [0.2, 0.25) is 5.89 Å². The van der Waals surface area contributed by atoms with Gasteiger partial charge in [-0.1, -0.05) is 55.7 Å². The summed E-state index contributed by atoms with van der Waals surface area (Å²) in [4.78, 5) is 33.2. The highest BCUT2D eigenvalue weighted by Crippen LogP contribution is 2.32. The molecule has 2 aliphatic rings. The van der Waals surface area contributed by atoms with E-state index in [1.54, 1.807) is 35.4 Å². The zero-order valence-corrected chi connectivity index (χ0v) is 23.2. The maximum Gasteiger partial charge on any atom is 0.254 e. The molecule has 40 heavy (non-hydrogen) atoms. The summed E-state index contributed by atoms with van der Waals surface area (Å²) in [6.45, 7) is 2.89. The number of hydrogen-bond donors (Lipinski definition) is 3. The van der Waals surface area contributed by atoms with Crippen LogP contribution < -0.4 is 10.6 Å². The fourth-order valence-electron chi connectivity index (χ4n) is 5.89. The van der Waals surface area contributed by atoms with Gasteiger partial charge in [-0.2, -0.15) is 0 Å². The number of benzene rings is 2. The Morgan fingerprint density at radius 1 is 1.02 bits per heavy atom. The van der Waals surface area contributed by atoms with Gasteiger partial charge in [-0.3, -0.25) is 9.59 Å². The van der Waals surface area contributed by atoms with E-state index in [1.807, 2.05) is 37.3 Å². The van der Waals surface area contributed by atoms with Crippen LogP contribution in [0.4, 0.5) is 0 Å². The van der Waals surface area contributed by atoms with Gasteiger partial charge in [-0.15, -0.1) is 0 Å². The Hall–Kier alpha value is -3.49. The first-order valence-corrected chi connectivity index (χ1v) is 14.6. The van der Waals surface area contributed by atoms with E-state index in [-0.39, 0.29) is 17.9 Å². The Morgan fingerprint density at radius 3 is 2.55 bits per heavy atom. The van der Waals surface area contributed by atoms with E-state index in [4.69, 9.17) is 4.42 Å². The van der Waals surface area contributed by atoms with E-state index in [1.165, 1.54) is 19.3 Å². The van der Waals surface area contributed by atoms with E-state index < -0.39 is 12.1 Å². The summed E-state index contributed by atoms with van der Waals surface area (Å²) in [6, 6.07) is 16.4. The van der Waals surface area contributed by atoms with Crippen molar-refractivity contribution in [1.82, 2.24) is 20.5 Å². The number of nitrogens with one attached hydrogen (secondary N) is 2. The smallest absolute Gasteiger partial charge is 0.254 e. The van der Waals surface area contributed by atoms with Crippen molar-refractivity contribution in [1.29, 1.82) is 0 Å². The molecule has 2 fully saturated rings. The van der Waals surface area contributed by atoms with Crippen LogP contribution in [0.15, 0.2) is 65.3 Å². The van der Waals surface area contributed by atoms with Crippen LogP contribution in [-0.4, -0.2) is 58.1 Å². The average Bonchev–Trinajstić information content (AvgIpc) is 3.65. The average molecular weight is 545 g/mol. The number of aliphatic hydroxyl groups is 1. The van der Waals surface area contributed by atoms with Gasteiger partial charge in [0.1, 0.15) is 12.3 Å². The summed E-state index contributed by atoms with van der Waals surface area (Å²) in [7, 11) is 0. The van der Waals surface area contributed by atoms with Crippen LogP contribution in [0.2, 0.25) is 0 Å². The number of nitrogens with zero attached hydrogens (tertiary/aromatic N) is 2. The van der Waals surface area contributed by atoms with Crippen LogP contribution in [-0.2, 0) is 6.42 Å². The molecule has 1 aliphatic carbocycles. The van der Waals surface area contributed by atoms with Gasteiger partial charge in [0.15, 0.2) is 0 Å². The van der Waals surface area contributed by atoms with Gasteiger partial charge < -0.3 is 25.1 Å². The number of carbonyl (C=O) groups is 2. The summed E-state index contributed by atoms with van der Waals surface area (Å²) in [5.74, 6) is 0.0935. The number of rotatable bonds is 10. The number of aromatic nitrogens is 1. The molecule has 8 heteroatoms. The molecule has 1 aromatic heterocycles. The van der Waals surface area contributed by atoms with Crippen molar-refractivity contribution in [3.63, 3.8) is 0 Å². The number of carbonyl (C=O) groups excluding carboxylic acids is 2. The fraction of sp³-hybridized carbons (Fsp3) is 0.469. The fourth-order valence-corrected chi connectivity index (χ4v) is 5.89. The molecule has 5 rings (SSSR count). The largest absolute Gasteiger partial charge is 0.446 e. The monoisotopic (exact) mass is 544 g/mol. The summed E-state index contributed by atoms with van der Waals surface area (Å²) >= 11 is 0. The third kappa shape index (κ3) is 6.98. The second kappa shape index (κ2) is 13.2. The molecular formula is C32H40N4O4. The molecule has 2 aromatic carbocycles. The predicted octanol–water partition coefficient (Wildman–Crippen LogP) is 4.58. The van der Waals surface area contributed by atoms with E-state index in [0.717, 1.165) is 36.9 Å². The van der Waals surface area contributed by atoms with Crippen molar-refractivity contribution >= 4 is 11.8 Å². The zero-order valence-electron chi connectivity index (χ0n) is 23.2. The standard InChI is InChI=1S/C32H40N4O4/c1-22-21-40-31(34-22)28-16-9-17-36(28)32(39)25-13-8-12-24(19-25)30(38)35-27(18-23-10-4-2-5-11-23)29(37)20-33-26-14-6-3-7-15-26/h2,4-5,8,10-13,19,21,26-29,33,37H,3,6-7,9,14-18,20H2,1H3,(H,35,38)/t27-,28+,29+/m0/s1. The van der Waals surface area contributed by atoms with E-state index in [0.29, 0.717) is 42.6 Å². The van der Waals surface area contributed by atoms with Crippen LogP contribution in [0.5, 0.6) is 0 Å². The number of likely N-dealkylation sites (tertiary alicyclic amines) is 1. The van der Waals surface area contributed by atoms with Gasteiger partial charge >= 0.3 is 0 Å². The quantitative estimate of drug-likeness (QED) is 0.345. The number of aryl methyl sites for hydroxylation is 1. The van der Waals surface area contributed by atoms with Gasteiger partial charge in [-0.25, -0.2) is 4.98 Å². The van der Waals surface area contributed by atoms with Crippen LogP contribution in [0.25, 0.3) is 0 Å². The third-order valence-electron chi connectivity index (χ3n) is 8.11. The number of oxazole rings is 1. The van der Waals surface area contributed by atoms with Crippen molar-refractivity contribution < 1.29 is 19.1 Å². The van der Waals surface area contributed by atoms with Crippen molar-refractivity contribution in [3.8, 4) is 0 Å². The van der Waals surface area contributed by atoms with Crippen LogP contribution in [0.3, 0.4) is 0 Å². The van der Waals surface area contributed by atoms with Crippen molar-refractivity contribution in [2.45, 2.75) is 82.5 Å². The van der Waals surface area contributed by atoms with Crippen molar-refractivity contribution in [3.05, 3.63) is 89.1 Å². The first-order valence-electron chi connectivity index (χ1n) is 14.6. The molecule has 212 valence electrons. The summed E-state index contributed by atoms with van der Waals surface area (Å²) < 4.78 is 5.60. The summed E-state index contributed by atoms with van der Waals surface area (Å²) in [5, 5.41) is 17.7. The minimum atomic E-state index is -0.759. The molecule has 0 bridgehead atoms. The maximum atomic E-state index is 13.5. The Bertz CT molecular complexity index is 1270. The minimum Gasteiger partial charge on any atom is -0.446 e. The van der Waals surface area contributed by atoms with E-state index in [2.05, 4.69) is 15.6 Å². The van der Waals surface area contributed by atoms with Crippen molar-refractivity contribution in [2.24, 2.45) is 0 Å². The number of amides is 2. The second-order valence-corrected chi connectivity index (χ2v) is 11.1. The molecule has 3 N–H and O–H groups in total. The Kier molecular flexibility index (Phi) is 9.29. The van der Waals surface area contributed by atoms with Gasteiger partial charge in [0.05, 0.1) is 17.8 Å². The molecule has 1 saturated heterocycles. The van der Waals surface area contributed by atoms with Gasteiger partial charge in [-0.05, 0) is 62.8 Å². The molecule has 3 atom stereocenters. The Labute approximate surface area is 236 Å². The first kappa shape index (κ1) is 28.1. The molecule has 3 aromatic rings. The molecule has 0 spiro atoms. The van der Waals surface area contributed by atoms with E-state index in [9.17, 15) is 14.7 Å². The molecule has 1 aliphatic heterocycles. The molecule has 8 nitrogen and oxygen atoms in total. The third-order valence-corrected chi connectivity index (χ3v) is 8.11. The molecule has 2 heterocycles.